The highest BCUT2D eigenvalue weighted by Gasteiger charge is 2.18. The summed E-state index contributed by atoms with van der Waals surface area (Å²) < 4.78 is 27.8. The van der Waals surface area contributed by atoms with Crippen LogP contribution in [-0.4, -0.2) is 25.2 Å². The molecule has 33 heavy (non-hydrogen) atoms. The van der Waals surface area contributed by atoms with E-state index in [1.54, 1.807) is 36.5 Å². The van der Waals surface area contributed by atoms with Crippen molar-refractivity contribution in [1.29, 1.82) is 0 Å². The van der Waals surface area contributed by atoms with E-state index in [2.05, 4.69) is 20.6 Å². The molecular weight excluding hydrogens is 464 g/mol. The Morgan fingerprint density at radius 1 is 0.818 bits per heavy atom. The van der Waals surface area contributed by atoms with E-state index >= 15 is 0 Å². The minimum Gasteiger partial charge on any atom is -0.280 e. The van der Waals surface area contributed by atoms with Gasteiger partial charge in [-0.25, -0.2) is 8.42 Å². The first-order valence-corrected chi connectivity index (χ1v) is 11.5. The molecule has 0 bridgehead atoms. The Morgan fingerprint density at radius 3 is 2.30 bits per heavy atom. The molecule has 1 aromatic heterocycles. The van der Waals surface area contributed by atoms with Crippen molar-refractivity contribution < 1.29 is 18.0 Å². The molecular formula is C23H17ClN4O4S. The van der Waals surface area contributed by atoms with Gasteiger partial charge < -0.3 is 0 Å². The summed E-state index contributed by atoms with van der Waals surface area (Å²) in [4.78, 5) is 29.2. The minimum absolute atomic E-state index is 0.0466. The van der Waals surface area contributed by atoms with Gasteiger partial charge in [-0.05, 0) is 54.6 Å². The van der Waals surface area contributed by atoms with Gasteiger partial charge in [-0.15, -0.1) is 0 Å². The number of carbonyl (C=O) groups is 2. The number of nitrogens with one attached hydrogen (secondary N) is 3. The van der Waals surface area contributed by atoms with Crippen LogP contribution in [0.4, 0.5) is 5.69 Å². The number of amides is 2. The topological polar surface area (TPSA) is 117 Å². The molecule has 0 aliphatic rings. The number of aromatic nitrogens is 1. The van der Waals surface area contributed by atoms with Crippen LogP contribution >= 0.6 is 11.6 Å². The van der Waals surface area contributed by atoms with Gasteiger partial charge in [0.05, 0.1) is 16.0 Å². The molecule has 0 saturated heterocycles. The lowest BCUT2D eigenvalue weighted by atomic mass is 10.1. The summed E-state index contributed by atoms with van der Waals surface area (Å²) in [6, 6.07) is 20.3. The summed E-state index contributed by atoms with van der Waals surface area (Å²) in [6.45, 7) is 0. The van der Waals surface area contributed by atoms with Gasteiger partial charge >= 0.3 is 0 Å². The van der Waals surface area contributed by atoms with Crippen LogP contribution in [0.5, 0.6) is 0 Å². The second-order valence-corrected chi connectivity index (χ2v) is 9.05. The maximum absolute atomic E-state index is 12.7. The number of anilines is 1. The summed E-state index contributed by atoms with van der Waals surface area (Å²) >= 11 is 5.82. The number of carbonyl (C=O) groups excluding carboxylic acids is 2. The van der Waals surface area contributed by atoms with Gasteiger partial charge in [0.25, 0.3) is 21.8 Å². The number of fused-ring (bicyclic) bond motifs is 1. The van der Waals surface area contributed by atoms with Crippen molar-refractivity contribution in [2.75, 3.05) is 4.72 Å². The Balaban J connectivity index is 1.47. The number of para-hydroxylation sites is 1. The smallest absolute Gasteiger partial charge is 0.271 e. The lowest BCUT2D eigenvalue weighted by molar-refractivity contribution is 0.0847. The van der Waals surface area contributed by atoms with Gasteiger partial charge in [0.2, 0.25) is 0 Å². The molecule has 3 aromatic carbocycles. The molecule has 10 heteroatoms. The Labute approximate surface area is 194 Å². The van der Waals surface area contributed by atoms with E-state index in [0.717, 1.165) is 5.39 Å². The quantitative estimate of drug-likeness (QED) is 0.376. The van der Waals surface area contributed by atoms with Crippen molar-refractivity contribution in [3.8, 4) is 0 Å². The molecule has 0 aliphatic carbocycles. The number of hydrogen-bond donors (Lipinski definition) is 3. The first kappa shape index (κ1) is 22.3. The van der Waals surface area contributed by atoms with Gasteiger partial charge in [0.15, 0.2) is 0 Å². The van der Waals surface area contributed by atoms with Crippen LogP contribution in [0.25, 0.3) is 10.9 Å². The zero-order valence-electron chi connectivity index (χ0n) is 16.9. The van der Waals surface area contributed by atoms with Gasteiger partial charge in [0.1, 0.15) is 0 Å². The van der Waals surface area contributed by atoms with Crippen LogP contribution in [-0.2, 0) is 10.0 Å². The van der Waals surface area contributed by atoms with E-state index < -0.39 is 21.8 Å². The Morgan fingerprint density at radius 2 is 1.52 bits per heavy atom. The minimum atomic E-state index is -3.95. The predicted molar refractivity (Wildman–Crippen MR) is 125 cm³/mol. The molecule has 0 fully saturated rings. The van der Waals surface area contributed by atoms with Gasteiger partial charge in [-0.2, -0.15) is 0 Å². The number of rotatable bonds is 5. The third-order valence-electron chi connectivity index (χ3n) is 4.67. The molecule has 3 N–H and O–H groups in total. The molecule has 0 aliphatic heterocycles. The summed E-state index contributed by atoms with van der Waals surface area (Å²) in [7, 11) is -3.95. The van der Waals surface area contributed by atoms with Crippen molar-refractivity contribution in [2.45, 2.75) is 4.90 Å². The second kappa shape index (κ2) is 9.27. The van der Waals surface area contributed by atoms with Gasteiger partial charge in [0, 0.05) is 27.9 Å². The third kappa shape index (κ3) is 5.11. The van der Waals surface area contributed by atoms with Crippen LogP contribution < -0.4 is 15.6 Å². The summed E-state index contributed by atoms with van der Waals surface area (Å²) in [5.41, 5.74) is 5.79. The van der Waals surface area contributed by atoms with Crippen molar-refractivity contribution in [3.05, 3.63) is 101 Å². The highest BCUT2D eigenvalue weighted by Crippen LogP contribution is 2.19. The summed E-state index contributed by atoms with van der Waals surface area (Å²) in [6.07, 6.45) is 1.57. The lowest BCUT2D eigenvalue weighted by Gasteiger charge is -2.11. The molecule has 0 radical (unpaired) electrons. The van der Waals surface area contributed by atoms with E-state index in [4.69, 9.17) is 11.6 Å². The van der Waals surface area contributed by atoms with Crippen LogP contribution in [0.15, 0.2) is 90.0 Å². The molecule has 0 atom stereocenters. The first-order chi connectivity index (χ1) is 15.8. The standard InChI is InChI=1S/C23H17ClN4O4S/c24-17-9-11-18(12-10-17)28-33(31,32)19-7-1-5-16(14-19)22(29)26-27-23(30)20-8-2-4-15-6-3-13-25-21(15)20/h1-14,28H,(H,26,29)(H,27,30). The van der Waals surface area contributed by atoms with Crippen molar-refractivity contribution in [2.24, 2.45) is 0 Å². The first-order valence-electron chi connectivity index (χ1n) is 9.66. The molecule has 0 spiro atoms. The Hall–Kier alpha value is -3.95. The van der Waals surface area contributed by atoms with E-state index in [0.29, 0.717) is 16.2 Å². The molecule has 4 rings (SSSR count). The average molecular weight is 481 g/mol. The summed E-state index contributed by atoms with van der Waals surface area (Å²) in [5, 5.41) is 1.25. The number of pyridine rings is 1. The third-order valence-corrected chi connectivity index (χ3v) is 6.30. The molecule has 8 nitrogen and oxygen atoms in total. The van der Waals surface area contributed by atoms with Gasteiger partial charge in [-0.1, -0.05) is 35.9 Å². The monoisotopic (exact) mass is 480 g/mol. The number of hydrogen-bond acceptors (Lipinski definition) is 5. The van der Waals surface area contributed by atoms with Crippen LogP contribution in [0, 0.1) is 0 Å². The zero-order chi connectivity index (χ0) is 23.4. The number of sulfonamides is 1. The normalized spacial score (nSPS) is 11.1. The molecule has 0 saturated carbocycles. The second-order valence-electron chi connectivity index (χ2n) is 6.93. The number of nitrogens with zero attached hydrogens (tertiary/aromatic N) is 1. The van der Waals surface area contributed by atoms with E-state index in [1.165, 1.54) is 36.4 Å². The van der Waals surface area contributed by atoms with Gasteiger partial charge in [-0.3, -0.25) is 30.1 Å². The largest absolute Gasteiger partial charge is 0.280 e. The SMILES string of the molecule is O=C(NNC(=O)c1cccc2cccnc12)c1cccc(S(=O)(=O)Nc2ccc(Cl)cc2)c1. The van der Waals surface area contributed by atoms with Crippen molar-refractivity contribution >= 4 is 50.0 Å². The Bertz CT molecular complexity index is 1450. The average Bonchev–Trinajstić information content (AvgIpc) is 2.83. The molecule has 4 aromatic rings. The number of benzene rings is 3. The lowest BCUT2D eigenvalue weighted by Crippen LogP contribution is -2.41. The fraction of sp³-hybridized carbons (Fsp3) is 0. The fourth-order valence-corrected chi connectivity index (χ4v) is 4.31. The fourth-order valence-electron chi connectivity index (χ4n) is 3.08. The number of hydrazine groups is 1. The predicted octanol–water partition coefficient (Wildman–Crippen LogP) is 3.76. The highest BCUT2D eigenvalue weighted by atomic mass is 35.5. The van der Waals surface area contributed by atoms with E-state index in [9.17, 15) is 18.0 Å². The number of halogens is 1. The van der Waals surface area contributed by atoms with E-state index in [-0.39, 0.29) is 16.0 Å². The molecule has 1 heterocycles. The molecule has 0 unspecified atom stereocenters. The molecule has 2 amide bonds. The van der Waals surface area contributed by atoms with Crippen molar-refractivity contribution in [3.63, 3.8) is 0 Å². The maximum atomic E-state index is 12.7. The van der Waals surface area contributed by atoms with Crippen molar-refractivity contribution in [1.82, 2.24) is 15.8 Å². The van der Waals surface area contributed by atoms with E-state index in [1.807, 2.05) is 12.1 Å². The van der Waals surface area contributed by atoms with Crippen LogP contribution in [0.1, 0.15) is 20.7 Å². The zero-order valence-corrected chi connectivity index (χ0v) is 18.5. The highest BCUT2D eigenvalue weighted by molar-refractivity contribution is 7.92. The summed E-state index contributed by atoms with van der Waals surface area (Å²) in [5.74, 6) is -1.24. The maximum Gasteiger partial charge on any atom is 0.271 e. The Kier molecular flexibility index (Phi) is 6.25. The molecule has 166 valence electrons. The van der Waals surface area contributed by atoms with Crippen LogP contribution in [0.3, 0.4) is 0 Å². The van der Waals surface area contributed by atoms with Crippen LogP contribution in [0.2, 0.25) is 5.02 Å².